The van der Waals surface area contributed by atoms with Crippen molar-refractivity contribution >= 4 is 54.0 Å². The molecule has 1 nitrogen and oxygen atoms in total. The average Bonchev–Trinajstić information content (AvgIpc) is 0. The molecule has 0 aliphatic heterocycles. The molecule has 0 bridgehead atoms. The molecule has 0 aromatic rings. The van der Waals surface area contributed by atoms with Crippen molar-refractivity contribution in [1.82, 2.24) is 0 Å². The van der Waals surface area contributed by atoms with Gasteiger partial charge in [0, 0.05) is 67.7 Å². The van der Waals surface area contributed by atoms with E-state index >= 15 is 0 Å². The summed E-state index contributed by atoms with van der Waals surface area (Å²) in [6.07, 6.45) is 0. The fraction of sp³-hybridized carbons (Fsp3) is 0. The maximum Gasteiger partial charge on any atom is 3.00 e. The first-order valence-corrected chi connectivity index (χ1v) is 0. The molecule has 0 fully saturated rings. The average molecular weight is 428 g/mol. The molecule has 0 spiro atoms. The van der Waals surface area contributed by atoms with Crippen LogP contribution in [0.25, 0.3) is 0 Å². The first-order valence-electron chi connectivity index (χ1n) is 0. The van der Waals surface area contributed by atoms with Gasteiger partial charge in [0.2, 0.25) is 0 Å². The Morgan fingerprint density at radius 3 is 0.500 bits per heavy atom. The molecule has 0 heterocycles. The van der Waals surface area contributed by atoms with E-state index in [1.54, 1.807) is 0 Å². The Morgan fingerprint density at radius 1 is 0.500 bits per heavy atom. The van der Waals surface area contributed by atoms with Crippen LogP contribution in [0.1, 0.15) is 0 Å². The van der Waals surface area contributed by atoms with E-state index < -0.39 is 0 Å². The van der Waals surface area contributed by atoms with Crippen LogP contribution >= 0.6 is 0 Å². The van der Waals surface area contributed by atoms with E-state index in [-0.39, 0.29) is 144 Å². The molecule has 0 atom stereocenters. The predicted octanol–water partition coefficient (Wildman–Crippen LogP) is -0.847. The third-order valence-electron chi connectivity index (χ3n) is 0. The normalized spacial score (nSPS) is 0. The van der Waals surface area contributed by atoms with Gasteiger partial charge in [0.05, 0.1) is 0 Å². The van der Waals surface area contributed by atoms with Gasteiger partial charge in [-0.3, -0.25) is 0 Å². The zero-order chi connectivity index (χ0) is 0. The maximum atomic E-state index is 0. The molecule has 10 heteroatoms. The standard InChI is InChI=1S/4Fe.Ni.H2O.4S/h;;;;;1H2;;;;/q;;;+3;;;4*-1. The van der Waals surface area contributed by atoms with Crippen LogP contribution < -0.4 is 0 Å². The van der Waals surface area contributed by atoms with E-state index in [4.69, 9.17) is 0 Å². The first kappa shape index (κ1) is 151. The molecule has 0 amide bonds. The van der Waals surface area contributed by atoms with Gasteiger partial charge in [-0.25, -0.2) is 0 Å². The Bertz CT molecular complexity index is 17.2. The largest absolute Gasteiger partial charge is 3.00 e. The molecule has 10 heavy (non-hydrogen) atoms. The summed E-state index contributed by atoms with van der Waals surface area (Å²) < 4.78 is 0. The molecule has 0 aromatic carbocycles. The summed E-state index contributed by atoms with van der Waals surface area (Å²) in [4.78, 5) is 0. The van der Waals surface area contributed by atoms with Crippen LogP contribution in [0.3, 0.4) is 0 Å². The maximum absolute atomic E-state index is 0. The summed E-state index contributed by atoms with van der Waals surface area (Å²) in [5, 5.41) is 0. The van der Waals surface area contributed by atoms with Crippen molar-refractivity contribution < 1.29 is 90.2 Å². The molecule has 0 unspecified atom stereocenters. The van der Waals surface area contributed by atoms with E-state index in [2.05, 4.69) is 0 Å². The van der Waals surface area contributed by atoms with Gasteiger partial charge in [-0.05, 0) is 0 Å². The van der Waals surface area contributed by atoms with Crippen molar-refractivity contribution in [2.75, 3.05) is 0 Å². The molecule has 5 radical (unpaired) electrons. The Morgan fingerprint density at radius 2 is 0.500 bits per heavy atom. The Hall–Kier alpha value is 3.93. The van der Waals surface area contributed by atoms with Gasteiger partial charge < -0.3 is 59.5 Å². The van der Waals surface area contributed by atoms with Gasteiger partial charge in [0.25, 0.3) is 0 Å². The van der Waals surface area contributed by atoms with Gasteiger partial charge in [0.1, 0.15) is 0 Å². The fourth-order valence-corrected chi connectivity index (χ4v) is 0. The minimum absolute atomic E-state index is 0. The molecule has 0 aliphatic rings. The summed E-state index contributed by atoms with van der Waals surface area (Å²) in [7, 11) is 0. The monoisotopic (exact) mass is 428 g/mol. The molecule has 0 aliphatic carbocycles. The SMILES string of the molecule is O.[Fe+3].[Fe].[Fe].[Fe].[Ni].[S-].[S-].[S-].[S-]. The van der Waals surface area contributed by atoms with Crippen LogP contribution in [-0.2, 0) is 139 Å². The zero-order valence-corrected chi connectivity index (χ0v) is 12.5. The minimum Gasteiger partial charge on any atom is -1.00 e. The minimum atomic E-state index is 0. The van der Waals surface area contributed by atoms with Crippen molar-refractivity contribution in [3.63, 3.8) is 0 Å². The Labute approximate surface area is 142 Å². The third kappa shape index (κ3) is 92.2. The van der Waals surface area contributed by atoms with Crippen LogP contribution in [0.15, 0.2) is 0 Å². The first-order chi connectivity index (χ1) is 0. The van der Waals surface area contributed by atoms with Crippen LogP contribution in [0, 0.1) is 0 Å². The van der Waals surface area contributed by atoms with Gasteiger partial charge >= 0.3 is 17.1 Å². The number of rotatable bonds is 0. The molecule has 0 saturated carbocycles. The summed E-state index contributed by atoms with van der Waals surface area (Å²) in [5.41, 5.74) is 0. The van der Waals surface area contributed by atoms with Gasteiger partial charge in [-0.15, -0.1) is 0 Å². The second-order valence-corrected chi connectivity index (χ2v) is 0. The van der Waals surface area contributed by atoms with E-state index in [9.17, 15) is 0 Å². The Kier molecular flexibility index (Phi) is 1800. The second-order valence-electron chi connectivity index (χ2n) is 0. The van der Waals surface area contributed by atoms with Crippen LogP contribution in [-0.4, -0.2) is 5.48 Å². The predicted molar refractivity (Wildman–Crippen MR) is 33.1 cm³/mol. The molecule has 0 aromatic heterocycles. The molecule has 2 N–H and O–H groups in total. The fourth-order valence-electron chi connectivity index (χ4n) is 0. The van der Waals surface area contributed by atoms with Crippen LogP contribution in [0.2, 0.25) is 0 Å². The topological polar surface area (TPSA) is 31.5 Å². The molecule has 0 rings (SSSR count). The van der Waals surface area contributed by atoms with E-state index in [0.717, 1.165) is 0 Å². The molecule has 75 valence electrons. The molecule has 0 saturated heterocycles. The van der Waals surface area contributed by atoms with E-state index in [0.29, 0.717) is 0 Å². The van der Waals surface area contributed by atoms with Crippen molar-refractivity contribution in [1.29, 1.82) is 0 Å². The van der Waals surface area contributed by atoms with Gasteiger partial charge in [0.15, 0.2) is 0 Å². The van der Waals surface area contributed by atoms with Crippen molar-refractivity contribution in [3.05, 3.63) is 0 Å². The smallest absolute Gasteiger partial charge is 1.00 e. The van der Waals surface area contributed by atoms with E-state index in [1.807, 2.05) is 0 Å². The summed E-state index contributed by atoms with van der Waals surface area (Å²) in [6.45, 7) is 0. The Balaban J connectivity index is 0. The summed E-state index contributed by atoms with van der Waals surface area (Å²) in [5.74, 6) is 0. The van der Waals surface area contributed by atoms with Crippen LogP contribution in [0.4, 0.5) is 0 Å². The molecular formula is H2Fe4NiOS4-. The summed E-state index contributed by atoms with van der Waals surface area (Å²) in [6, 6.07) is 0. The van der Waals surface area contributed by atoms with Gasteiger partial charge in [-0.1, -0.05) is 0 Å². The van der Waals surface area contributed by atoms with Crippen molar-refractivity contribution in [2.45, 2.75) is 0 Å². The number of hydrogen-bond donors (Lipinski definition) is 0. The van der Waals surface area contributed by atoms with E-state index in [1.165, 1.54) is 0 Å². The zero-order valence-electron chi connectivity index (χ0n) is 3.86. The second kappa shape index (κ2) is 119. The quantitative estimate of drug-likeness (QED) is 0.356. The number of hydrogen-bond acceptors (Lipinski definition) is 4. The molecular weight excluding hydrogens is 426 g/mol. The van der Waals surface area contributed by atoms with Crippen LogP contribution in [0.5, 0.6) is 0 Å². The van der Waals surface area contributed by atoms with Gasteiger partial charge in [-0.2, -0.15) is 0 Å². The summed E-state index contributed by atoms with van der Waals surface area (Å²) >= 11 is 0. The third-order valence-corrected chi connectivity index (χ3v) is 0. The van der Waals surface area contributed by atoms with Crippen molar-refractivity contribution in [2.24, 2.45) is 0 Å². The van der Waals surface area contributed by atoms with Crippen molar-refractivity contribution in [3.8, 4) is 0 Å².